The van der Waals surface area contributed by atoms with E-state index in [-0.39, 0.29) is 5.70 Å². The van der Waals surface area contributed by atoms with Gasteiger partial charge in [0.05, 0.1) is 22.9 Å². The molecule has 1 aromatic rings. The minimum atomic E-state index is -3.43. The van der Waals surface area contributed by atoms with Gasteiger partial charge in [0.25, 0.3) is 10.0 Å². The molecule has 2 heterocycles. The number of aryl methyl sites for hydroxylation is 1. The van der Waals surface area contributed by atoms with Gasteiger partial charge in [0, 0.05) is 14.1 Å². The molecule has 76 valence electrons. The van der Waals surface area contributed by atoms with Crippen LogP contribution in [0.4, 0.5) is 5.82 Å². The fourth-order valence-electron chi connectivity index (χ4n) is 1.43. The maximum Gasteiger partial charge on any atom is 0.260 e. The highest BCUT2D eigenvalue weighted by atomic mass is 32.2. The zero-order valence-corrected chi connectivity index (χ0v) is 8.61. The first kappa shape index (κ1) is 9.07. The van der Waals surface area contributed by atoms with Gasteiger partial charge in [-0.05, 0) is 0 Å². The van der Waals surface area contributed by atoms with Crippen molar-refractivity contribution >= 4 is 21.5 Å². The number of anilines is 1. The van der Waals surface area contributed by atoms with Gasteiger partial charge in [0.2, 0.25) is 0 Å². The predicted octanol–water partition coefficient (Wildman–Crippen LogP) is -0.543. The van der Waals surface area contributed by atoms with E-state index >= 15 is 0 Å². The van der Waals surface area contributed by atoms with Crippen LogP contribution in [0.25, 0.3) is 5.70 Å². The van der Waals surface area contributed by atoms with Crippen LogP contribution in [-0.2, 0) is 17.1 Å². The van der Waals surface area contributed by atoms with Crippen molar-refractivity contribution in [3.63, 3.8) is 0 Å². The molecular weight excluding hydrogens is 204 g/mol. The number of nitrogens with zero attached hydrogens (tertiary/aromatic N) is 3. The van der Waals surface area contributed by atoms with Gasteiger partial charge in [0.1, 0.15) is 5.82 Å². The fraction of sp³-hybridized carbons (Fsp3) is 0.286. The summed E-state index contributed by atoms with van der Waals surface area (Å²) in [7, 11) is -0.290. The Labute approximate surface area is 81.7 Å². The third-order valence-electron chi connectivity index (χ3n) is 2.17. The molecule has 6 nitrogen and oxygen atoms in total. The van der Waals surface area contributed by atoms with Crippen LogP contribution >= 0.6 is 0 Å². The largest absolute Gasteiger partial charge is 0.397 e. The lowest BCUT2D eigenvalue weighted by molar-refractivity contribution is 0.600. The molecule has 2 N–H and O–H groups in total. The quantitative estimate of drug-likeness (QED) is 0.628. The third-order valence-corrected chi connectivity index (χ3v) is 3.66. The van der Waals surface area contributed by atoms with Crippen LogP contribution in [0.3, 0.4) is 0 Å². The van der Waals surface area contributed by atoms with E-state index in [9.17, 15) is 8.42 Å². The maximum atomic E-state index is 11.5. The van der Waals surface area contributed by atoms with E-state index in [1.807, 2.05) is 0 Å². The summed E-state index contributed by atoms with van der Waals surface area (Å²) in [5.74, 6) is 0.491. The lowest BCUT2D eigenvalue weighted by Gasteiger charge is -2.22. The van der Waals surface area contributed by atoms with E-state index in [1.165, 1.54) is 11.7 Å². The number of hydrogen-bond donors (Lipinski definition) is 1. The molecule has 0 atom stereocenters. The maximum absolute atomic E-state index is 11.5. The summed E-state index contributed by atoms with van der Waals surface area (Å²) >= 11 is 0. The number of rotatable bonds is 0. The summed E-state index contributed by atoms with van der Waals surface area (Å²) in [6, 6.07) is 0. The predicted molar refractivity (Wildman–Crippen MR) is 52.7 cm³/mol. The summed E-state index contributed by atoms with van der Waals surface area (Å²) in [6.07, 6.45) is 1.55. The average molecular weight is 214 g/mol. The second-order valence-corrected chi connectivity index (χ2v) is 4.90. The van der Waals surface area contributed by atoms with Crippen molar-refractivity contribution in [2.24, 2.45) is 12.8 Å². The average Bonchev–Trinajstić information content (AvgIpc) is 2.43. The van der Waals surface area contributed by atoms with E-state index in [4.69, 9.17) is 5.73 Å². The Balaban J connectivity index is 2.78. The van der Waals surface area contributed by atoms with Crippen LogP contribution in [0, 0.1) is 0 Å². The summed E-state index contributed by atoms with van der Waals surface area (Å²) < 4.78 is 25.7. The van der Waals surface area contributed by atoms with Gasteiger partial charge in [-0.25, -0.2) is 8.42 Å². The molecular formula is C7H10N4O2S. The Morgan fingerprint density at radius 3 is 2.71 bits per heavy atom. The molecule has 0 fully saturated rings. The van der Waals surface area contributed by atoms with Crippen LogP contribution in [0.2, 0.25) is 0 Å². The van der Waals surface area contributed by atoms with Crippen LogP contribution in [0.15, 0.2) is 11.6 Å². The van der Waals surface area contributed by atoms with Gasteiger partial charge in [-0.3, -0.25) is 8.99 Å². The van der Waals surface area contributed by atoms with Crippen LogP contribution in [-0.4, -0.2) is 25.2 Å². The second-order valence-electron chi connectivity index (χ2n) is 3.09. The van der Waals surface area contributed by atoms with Crippen molar-refractivity contribution in [3.8, 4) is 0 Å². The zero-order valence-electron chi connectivity index (χ0n) is 7.80. The molecule has 0 aliphatic carbocycles. The van der Waals surface area contributed by atoms with Crippen molar-refractivity contribution in [2.75, 3.05) is 11.4 Å². The van der Waals surface area contributed by atoms with Crippen molar-refractivity contribution in [1.29, 1.82) is 0 Å². The van der Waals surface area contributed by atoms with Gasteiger partial charge < -0.3 is 5.73 Å². The molecule has 0 radical (unpaired) electrons. The van der Waals surface area contributed by atoms with E-state index in [0.717, 1.165) is 9.71 Å². The molecule has 0 aromatic carbocycles. The van der Waals surface area contributed by atoms with Gasteiger partial charge in [0.15, 0.2) is 0 Å². The Bertz CT molecular complexity index is 514. The van der Waals surface area contributed by atoms with Crippen LogP contribution in [0.5, 0.6) is 0 Å². The van der Waals surface area contributed by atoms with Crippen LogP contribution in [0.1, 0.15) is 5.56 Å². The Kier molecular flexibility index (Phi) is 1.62. The van der Waals surface area contributed by atoms with E-state index in [2.05, 4.69) is 5.10 Å². The molecule has 0 saturated heterocycles. The van der Waals surface area contributed by atoms with Crippen molar-refractivity contribution < 1.29 is 8.42 Å². The van der Waals surface area contributed by atoms with Crippen molar-refractivity contribution in [3.05, 3.63) is 17.2 Å². The highest BCUT2D eigenvalue weighted by molar-refractivity contribution is 7.95. The molecule has 0 bridgehead atoms. The lowest BCUT2D eigenvalue weighted by atomic mass is 10.2. The van der Waals surface area contributed by atoms with E-state index in [1.54, 1.807) is 13.2 Å². The molecule has 0 saturated carbocycles. The minimum Gasteiger partial charge on any atom is -0.397 e. The molecule has 1 aromatic heterocycles. The minimum absolute atomic E-state index is 0.228. The van der Waals surface area contributed by atoms with Crippen molar-refractivity contribution in [1.82, 2.24) is 9.78 Å². The van der Waals surface area contributed by atoms with Gasteiger partial charge in [-0.2, -0.15) is 5.10 Å². The first-order chi connectivity index (χ1) is 6.43. The summed E-state index contributed by atoms with van der Waals surface area (Å²) in [5, 5.41) is 4.99. The number of hydrogen-bond acceptors (Lipinski definition) is 4. The summed E-state index contributed by atoms with van der Waals surface area (Å²) in [6.45, 7) is 0. The van der Waals surface area contributed by atoms with E-state index in [0.29, 0.717) is 11.4 Å². The molecule has 1 aliphatic heterocycles. The molecule has 14 heavy (non-hydrogen) atoms. The topological polar surface area (TPSA) is 81.2 Å². The Hall–Kier alpha value is -1.50. The molecule has 0 amide bonds. The molecule has 1 aliphatic rings. The van der Waals surface area contributed by atoms with Crippen molar-refractivity contribution in [2.45, 2.75) is 0 Å². The third kappa shape index (κ3) is 1.02. The monoisotopic (exact) mass is 214 g/mol. The van der Waals surface area contributed by atoms with E-state index < -0.39 is 10.0 Å². The number of aromatic nitrogens is 2. The molecule has 0 unspecified atom stereocenters. The normalized spacial score (nSPS) is 19.0. The van der Waals surface area contributed by atoms with Gasteiger partial charge in [-0.1, -0.05) is 0 Å². The highest BCUT2D eigenvalue weighted by Gasteiger charge is 2.28. The lowest BCUT2D eigenvalue weighted by Crippen LogP contribution is -2.30. The molecule has 7 heteroatoms. The summed E-state index contributed by atoms with van der Waals surface area (Å²) in [5.41, 5.74) is 6.47. The van der Waals surface area contributed by atoms with Gasteiger partial charge >= 0.3 is 0 Å². The first-order valence-electron chi connectivity index (χ1n) is 3.92. The van der Waals surface area contributed by atoms with Gasteiger partial charge in [-0.15, -0.1) is 0 Å². The second kappa shape index (κ2) is 2.50. The zero-order chi connectivity index (χ0) is 10.5. The fourth-order valence-corrected chi connectivity index (χ4v) is 2.50. The number of nitrogens with two attached hydrogens (primary N) is 1. The summed E-state index contributed by atoms with van der Waals surface area (Å²) in [4.78, 5) is 0. The number of sulfonamides is 1. The SMILES string of the molecule is CN1c2c(cnn2C)C(N)=CS1(=O)=O. The molecule has 2 rings (SSSR count). The van der Waals surface area contributed by atoms with Crippen LogP contribution < -0.4 is 10.0 Å². The standard InChI is InChI=1S/C7H10N4O2S/c1-10-7-5(3-9-10)6(8)4-14(12,13)11(7)2/h3-4H,8H2,1-2H3. The molecule has 0 spiro atoms. The smallest absolute Gasteiger partial charge is 0.260 e. The highest BCUT2D eigenvalue weighted by Crippen LogP contribution is 2.30. The number of fused-ring (bicyclic) bond motifs is 1. The Morgan fingerprint density at radius 2 is 2.07 bits per heavy atom. The Morgan fingerprint density at radius 1 is 1.43 bits per heavy atom. The first-order valence-corrected chi connectivity index (χ1v) is 5.42.